The molecule has 0 unspecified atom stereocenters. The van der Waals surface area contributed by atoms with Crippen LogP contribution in [0.5, 0.6) is 0 Å². The zero-order valence-electron chi connectivity index (χ0n) is 11.1. The first kappa shape index (κ1) is 13.1. The van der Waals surface area contributed by atoms with Crippen LogP contribution in [0, 0.1) is 13.8 Å². The number of aryl methyl sites for hydroxylation is 2. The number of nitrogens with zero attached hydrogens (tertiary/aromatic N) is 1. The lowest BCUT2D eigenvalue weighted by molar-refractivity contribution is -0.120. The van der Waals surface area contributed by atoms with Crippen LogP contribution >= 0.6 is 0 Å². The maximum atomic E-state index is 11.6. The van der Waals surface area contributed by atoms with Crippen molar-refractivity contribution in [3.63, 3.8) is 0 Å². The molecule has 100 valence electrons. The van der Waals surface area contributed by atoms with Gasteiger partial charge in [0.15, 0.2) is 0 Å². The van der Waals surface area contributed by atoms with E-state index in [9.17, 15) is 4.79 Å². The fourth-order valence-corrected chi connectivity index (χ4v) is 2.22. The molecule has 18 heavy (non-hydrogen) atoms. The fraction of sp³-hybridized carbons (Fsp3) is 0.692. The molecule has 0 spiro atoms. The molecule has 1 heterocycles. The third-order valence-corrected chi connectivity index (χ3v) is 3.42. The van der Waals surface area contributed by atoms with Gasteiger partial charge in [0.25, 0.3) is 0 Å². The lowest BCUT2D eigenvalue weighted by Crippen LogP contribution is -2.37. The summed E-state index contributed by atoms with van der Waals surface area (Å²) in [5, 5.41) is 6.08. The zero-order valence-corrected chi connectivity index (χ0v) is 11.1. The summed E-state index contributed by atoms with van der Waals surface area (Å²) in [4.78, 5) is 15.8. The molecule has 2 N–H and O–H groups in total. The topological polar surface area (TPSA) is 67.2 Å². The van der Waals surface area contributed by atoms with E-state index in [0.717, 1.165) is 11.5 Å². The summed E-state index contributed by atoms with van der Waals surface area (Å²) in [5.41, 5.74) is 0.878. The molecular formula is C13H21N3O2. The van der Waals surface area contributed by atoms with Crippen LogP contribution in [0.1, 0.15) is 43.0 Å². The Morgan fingerprint density at radius 2 is 2.11 bits per heavy atom. The fourth-order valence-electron chi connectivity index (χ4n) is 2.22. The van der Waals surface area contributed by atoms with Crippen LogP contribution in [-0.4, -0.2) is 23.5 Å². The number of nitrogens with one attached hydrogen (secondary N) is 2. The normalized spacial score (nSPS) is 16.1. The number of oxazole rings is 1. The molecule has 0 aromatic carbocycles. The predicted octanol–water partition coefficient (Wildman–Crippen LogP) is 1.44. The molecule has 1 fully saturated rings. The van der Waals surface area contributed by atoms with Crippen LogP contribution in [0.25, 0.3) is 0 Å². The van der Waals surface area contributed by atoms with Crippen molar-refractivity contribution in [2.45, 2.75) is 52.1 Å². The van der Waals surface area contributed by atoms with Crippen molar-refractivity contribution in [1.29, 1.82) is 0 Å². The summed E-state index contributed by atoms with van der Waals surface area (Å²) in [6.45, 7) is 4.50. The Hall–Kier alpha value is -1.36. The molecule has 0 radical (unpaired) electrons. The maximum Gasteiger partial charge on any atom is 0.234 e. The predicted molar refractivity (Wildman–Crippen MR) is 68.1 cm³/mol. The Morgan fingerprint density at radius 3 is 2.72 bits per heavy atom. The lowest BCUT2D eigenvalue weighted by Gasteiger charge is -2.10. The number of aromatic nitrogens is 1. The largest absolute Gasteiger partial charge is 0.444 e. The van der Waals surface area contributed by atoms with E-state index < -0.39 is 0 Å². The summed E-state index contributed by atoms with van der Waals surface area (Å²) in [5.74, 6) is 1.37. The van der Waals surface area contributed by atoms with Gasteiger partial charge in [0.05, 0.1) is 18.8 Å². The van der Waals surface area contributed by atoms with E-state index >= 15 is 0 Å². The van der Waals surface area contributed by atoms with Crippen molar-refractivity contribution in [2.24, 2.45) is 0 Å². The molecule has 0 atom stereocenters. The van der Waals surface area contributed by atoms with Crippen molar-refractivity contribution in [1.82, 2.24) is 15.6 Å². The molecule has 2 rings (SSSR count). The summed E-state index contributed by atoms with van der Waals surface area (Å²) < 4.78 is 5.40. The highest BCUT2D eigenvalue weighted by molar-refractivity contribution is 5.77. The highest BCUT2D eigenvalue weighted by Crippen LogP contribution is 2.17. The summed E-state index contributed by atoms with van der Waals surface area (Å²) in [6, 6.07) is 0.516. The minimum Gasteiger partial charge on any atom is -0.444 e. The van der Waals surface area contributed by atoms with Gasteiger partial charge in [-0.1, -0.05) is 12.8 Å². The molecule has 1 aliphatic rings. The third-order valence-electron chi connectivity index (χ3n) is 3.42. The smallest absolute Gasteiger partial charge is 0.234 e. The van der Waals surface area contributed by atoms with Gasteiger partial charge in [-0.3, -0.25) is 4.79 Å². The molecular weight excluding hydrogens is 230 g/mol. The summed E-state index contributed by atoms with van der Waals surface area (Å²) in [7, 11) is 0. The monoisotopic (exact) mass is 251 g/mol. The number of carbonyl (C=O) groups is 1. The molecule has 5 heteroatoms. The molecule has 5 nitrogen and oxygen atoms in total. The van der Waals surface area contributed by atoms with Crippen LogP contribution in [0.2, 0.25) is 0 Å². The van der Waals surface area contributed by atoms with E-state index in [1.165, 1.54) is 25.7 Å². The summed E-state index contributed by atoms with van der Waals surface area (Å²) >= 11 is 0. The number of hydrogen-bond donors (Lipinski definition) is 2. The second-order valence-corrected chi connectivity index (χ2v) is 4.89. The molecule has 0 bridgehead atoms. The van der Waals surface area contributed by atoms with Crippen LogP contribution in [-0.2, 0) is 11.3 Å². The Bertz CT molecular complexity index is 389. The molecule has 1 amide bonds. The van der Waals surface area contributed by atoms with Gasteiger partial charge in [0.1, 0.15) is 5.76 Å². The number of rotatable bonds is 5. The van der Waals surface area contributed by atoms with Crippen molar-refractivity contribution in [2.75, 3.05) is 6.54 Å². The first-order valence-corrected chi connectivity index (χ1v) is 6.58. The van der Waals surface area contributed by atoms with Crippen molar-refractivity contribution < 1.29 is 9.21 Å². The van der Waals surface area contributed by atoms with Crippen LogP contribution in [0.4, 0.5) is 0 Å². The maximum absolute atomic E-state index is 11.6. The minimum absolute atomic E-state index is 0.00425. The van der Waals surface area contributed by atoms with E-state index in [1.807, 2.05) is 13.8 Å². The van der Waals surface area contributed by atoms with E-state index in [2.05, 4.69) is 15.6 Å². The Balaban J connectivity index is 1.67. The standard InChI is InChI=1S/C13H21N3O2/c1-9-10(2)18-13(16-9)8-15-12(17)7-14-11-5-3-4-6-11/h11,14H,3-8H2,1-2H3,(H,15,17). The Kier molecular flexibility index (Phi) is 4.36. The van der Waals surface area contributed by atoms with Crippen molar-refractivity contribution >= 4 is 5.91 Å². The van der Waals surface area contributed by atoms with E-state index in [-0.39, 0.29) is 5.91 Å². The zero-order chi connectivity index (χ0) is 13.0. The highest BCUT2D eigenvalue weighted by atomic mass is 16.4. The lowest BCUT2D eigenvalue weighted by atomic mass is 10.2. The quantitative estimate of drug-likeness (QED) is 0.831. The second kappa shape index (κ2) is 6.00. The van der Waals surface area contributed by atoms with Gasteiger partial charge in [-0.25, -0.2) is 4.98 Å². The highest BCUT2D eigenvalue weighted by Gasteiger charge is 2.15. The average molecular weight is 251 g/mol. The molecule has 0 saturated heterocycles. The van der Waals surface area contributed by atoms with Gasteiger partial charge in [0, 0.05) is 6.04 Å². The molecule has 1 aliphatic carbocycles. The number of carbonyl (C=O) groups excluding carboxylic acids is 1. The molecule has 0 aliphatic heterocycles. The van der Waals surface area contributed by atoms with E-state index in [1.54, 1.807) is 0 Å². The van der Waals surface area contributed by atoms with Crippen LogP contribution in [0.15, 0.2) is 4.42 Å². The van der Waals surface area contributed by atoms with Gasteiger partial charge in [-0.2, -0.15) is 0 Å². The van der Waals surface area contributed by atoms with E-state index in [4.69, 9.17) is 4.42 Å². The second-order valence-electron chi connectivity index (χ2n) is 4.89. The van der Waals surface area contributed by atoms with Crippen LogP contribution < -0.4 is 10.6 Å². The van der Waals surface area contributed by atoms with Gasteiger partial charge >= 0.3 is 0 Å². The van der Waals surface area contributed by atoms with Crippen LogP contribution in [0.3, 0.4) is 0 Å². The van der Waals surface area contributed by atoms with Gasteiger partial charge in [0.2, 0.25) is 11.8 Å². The van der Waals surface area contributed by atoms with Crippen molar-refractivity contribution in [3.05, 3.63) is 17.3 Å². The Morgan fingerprint density at radius 1 is 1.39 bits per heavy atom. The average Bonchev–Trinajstić information content (AvgIpc) is 2.95. The van der Waals surface area contributed by atoms with Gasteiger partial charge < -0.3 is 15.1 Å². The van der Waals surface area contributed by atoms with Gasteiger partial charge in [-0.15, -0.1) is 0 Å². The molecule has 1 saturated carbocycles. The first-order valence-electron chi connectivity index (χ1n) is 6.58. The molecule has 1 aromatic rings. The SMILES string of the molecule is Cc1nc(CNC(=O)CNC2CCCC2)oc1C. The first-order chi connectivity index (χ1) is 8.65. The Labute approximate surface area is 107 Å². The summed E-state index contributed by atoms with van der Waals surface area (Å²) in [6.07, 6.45) is 4.92. The minimum atomic E-state index is -0.00425. The molecule has 1 aromatic heterocycles. The van der Waals surface area contributed by atoms with Gasteiger partial charge in [-0.05, 0) is 26.7 Å². The van der Waals surface area contributed by atoms with Crippen molar-refractivity contribution in [3.8, 4) is 0 Å². The number of amides is 1. The third kappa shape index (κ3) is 3.57. The van der Waals surface area contributed by atoms with E-state index in [0.29, 0.717) is 25.0 Å². The number of hydrogen-bond acceptors (Lipinski definition) is 4.